The second-order valence-corrected chi connectivity index (χ2v) is 10.8. The Morgan fingerprint density at radius 3 is 2.47 bits per heavy atom. The van der Waals surface area contributed by atoms with Gasteiger partial charge in [0, 0.05) is 23.8 Å². The molecule has 7 nitrogen and oxygen atoms in total. The molecular weight excluding hydrogens is 477 g/mol. The molecule has 1 unspecified atom stereocenters. The van der Waals surface area contributed by atoms with Crippen molar-refractivity contribution in [3.63, 3.8) is 0 Å². The Morgan fingerprint density at radius 2 is 1.81 bits per heavy atom. The first-order valence-corrected chi connectivity index (χ1v) is 12.8. The Balaban J connectivity index is 1.52. The monoisotopic (exact) mass is 505 g/mol. The molecule has 5 rings (SSSR count). The highest BCUT2D eigenvalue weighted by molar-refractivity contribution is 8.13. The first-order valence-electron chi connectivity index (χ1n) is 11.8. The zero-order valence-corrected chi connectivity index (χ0v) is 21.2. The number of hydrogen-bond acceptors (Lipinski definition) is 7. The number of amidine groups is 1. The summed E-state index contributed by atoms with van der Waals surface area (Å²) in [4.78, 5) is 28.8. The van der Waals surface area contributed by atoms with Crippen molar-refractivity contribution in [3.8, 4) is 0 Å². The van der Waals surface area contributed by atoms with Crippen LogP contribution >= 0.6 is 11.8 Å². The van der Waals surface area contributed by atoms with Crippen LogP contribution in [-0.2, 0) is 11.1 Å². The minimum atomic E-state index is -1.45. The summed E-state index contributed by atoms with van der Waals surface area (Å²) in [5.74, 6) is 0.413. The van der Waals surface area contributed by atoms with Gasteiger partial charge in [-0.25, -0.2) is 19.4 Å². The van der Waals surface area contributed by atoms with E-state index in [4.69, 9.17) is 4.99 Å². The lowest BCUT2D eigenvalue weighted by atomic mass is 9.82. The van der Waals surface area contributed by atoms with Crippen molar-refractivity contribution in [1.29, 1.82) is 0 Å². The fourth-order valence-corrected chi connectivity index (χ4v) is 5.93. The molecule has 1 fully saturated rings. The quantitative estimate of drug-likeness (QED) is 0.557. The number of benzene rings is 2. The highest BCUT2D eigenvalue weighted by Gasteiger charge is 2.51. The van der Waals surface area contributed by atoms with Crippen LogP contribution in [0.4, 0.5) is 10.3 Å². The number of aliphatic hydroxyl groups is 1. The van der Waals surface area contributed by atoms with Gasteiger partial charge in [0.25, 0.3) is 5.91 Å². The SMILES string of the molecule is Cc1nc(N2C[C@H]3CSC(NC(=O)c4ccccc4)=NC3(c3ccccc3)C2)nc(C(C)(C)O)c1F. The predicted octanol–water partition coefficient (Wildman–Crippen LogP) is 4.02. The third-order valence-electron chi connectivity index (χ3n) is 6.67. The summed E-state index contributed by atoms with van der Waals surface area (Å²) in [6.07, 6.45) is 0. The van der Waals surface area contributed by atoms with E-state index < -0.39 is 17.0 Å². The molecule has 2 N–H and O–H groups in total. The van der Waals surface area contributed by atoms with Crippen LogP contribution in [0.15, 0.2) is 65.7 Å². The molecule has 3 aromatic rings. The third-order valence-corrected chi connectivity index (χ3v) is 7.70. The number of halogens is 1. The fraction of sp³-hybridized carbons (Fsp3) is 0.333. The van der Waals surface area contributed by atoms with Crippen LogP contribution in [0.2, 0.25) is 0 Å². The number of nitrogens with zero attached hydrogens (tertiary/aromatic N) is 4. The summed E-state index contributed by atoms with van der Waals surface area (Å²) in [5, 5.41) is 14.0. The van der Waals surface area contributed by atoms with Crippen LogP contribution in [0.5, 0.6) is 0 Å². The van der Waals surface area contributed by atoms with Gasteiger partial charge in [-0.15, -0.1) is 0 Å². The first kappa shape index (κ1) is 24.4. The number of amides is 1. The van der Waals surface area contributed by atoms with Gasteiger partial charge >= 0.3 is 0 Å². The molecule has 2 aromatic carbocycles. The number of anilines is 1. The zero-order chi connectivity index (χ0) is 25.5. The van der Waals surface area contributed by atoms with Crippen LogP contribution in [0, 0.1) is 18.7 Å². The van der Waals surface area contributed by atoms with Crippen molar-refractivity contribution in [2.75, 3.05) is 23.7 Å². The first-order chi connectivity index (χ1) is 17.2. The van der Waals surface area contributed by atoms with Crippen molar-refractivity contribution < 1.29 is 14.3 Å². The van der Waals surface area contributed by atoms with E-state index in [1.807, 2.05) is 53.4 Å². The normalized spacial score (nSPS) is 21.6. The van der Waals surface area contributed by atoms with Crippen molar-refractivity contribution in [2.24, 2.45) is 10.9 Å². The van der Waals surface area contributed by atoms with Crippen molar-refractivity contribution in [2.45, 2.75) is 31.9 Å². The third kappa shape index (κ3) is 4.49. The molecule has 2 aliphatic heterocycles. The molecule has 0 spiro atoms. The van der Waals surface area contributed by atoms with Crippen molar-refractivity contribution >= 4 is 28.8 Å². The largest absolute Gasteiger partial charge is 0.384 e. The Hall–Kier alpha value is -3.30. The van der Waals surface area contributed by atoms with Gasteiger partial charge in [0.1, 0.15) is 16.8 Å². The average molecular weight is 506 g/mol. The number of aryl methyl sites for hydroxylation is 1. The van der Waals surface area contributed by atoms with Crippen LogP contribution in [0.3, 0.4) is 0 Å². The van der Waals surface area contributed by atoms with E-state index in [1.165, 1.54) is 25.6 Å². The summed E-state index contributed by atoms with van der Waals surface area (Å²) >= 11 is 1.52. The smallest absolute Gasteiger partial charge is 0.257 e. The number of aromatic nitrogens is 2. The van der Waals surface area contributed by atoms with Crippen LogP contribution in [0.25, 0.3) is 0 Å². The molecule has 0 saturated carbocycles. The van der Waals surface area contributed by atoms with Crippen molar-refractivity contribution in [3.05, 3.63) is 89.0 Å². The van der Waals surface area contributed by atoms with Gasteiger partial charge < -0.3 is 15.3 Å². The maximum absolute atomic E-state index is 14.7. The van der Waals surface area contributed by atoms with Crippen LogP contribution in [-0.4, -0.2) is 45.0 Å². The maximum atomic E-state index is 14.7. The van der Waals surface area contributed by atoms with Crippen LogP contribution < -0.4 is 10.2 Å². The summed E-state index contributed by atoms with van der Waals surface area (Å²) in [7, 11) is 0. The molecule has 186 valence electrons. The van der Waals surface area contributed by atoms with E-state index in [0.717, 1.165) is 11.3 Å². The molecular formula is C27H28FN5O2S. The van der Waals surface area contributed by atoms with Gasteiger partial charge in [-0.05, 0) is 38.5 Å². The molecule has 2 aliphatic rings. The van der Waals surface area contributed by atoms with E-state index in [2.05, 4.69) is 15.3 Å². The number of aliphatic imine (C=N–C) groups is 1. The number of rotatable bonds is 4. The number of fused-ring (bicyclic) bond motifs is 1. The minimum Gasteiger partial charge on any atom is -0.384 e. The lowest BCUT2D eigenvalue weighted by molar-refractivity contribution is 0.0691. The number of carbonyl (C=O) groups is 1. The maximum Gasteiger partial charge on any atom is 0.257 e. The van der Waals surface area contributed by atoms with Crippen LogP contribution in [0.1, 0.15) is 41.2 Å². The summed E-state index contributed by atoms with van der Waals surface area (Å²) in [5.41, 5.74) is -0.313. The molecule has 36 heavy (non-hydrogen) atoms. The lowest BCUT2D eigenvalue weighted by Crippen LogP contribution is -2.42. The molecule has 9 heteroatoms. The molecule has 1 aromatic heterocycles. The summed E-state index contributed by atoms with van der Waals surface area (Å²) in [6, 6.07) is 19.1. The molecule has 0 bridgehead atoms. The zero-order valence-electron chi connectivity index (χ0n) is 20.4. The number of nitrogens with one attached hydrogen (secondary N) is 1. The minimum absolute atomic E-state index is 0.0256. The Kier molecular flexibility index (Phi) is 6.30. The van der Waals surface area contributed by atoms with E-state index in [-0.39, 0.29) is 23.2 Å². The second kappa shape index (κ2) is 9.29. The molecule has 2 atom stereocenters. The summed E-state index contributed by atoms with van der Waals surface area (Å²) in [6.45, 7) is 5.68. The average Bonchev–Trinajstić information content (AvgIpc) is 3.26. The molecule has 0 radical (unpaired) electrons. The fourth-order valence-electron chi connectivity index (χ4n) is 4.80. The highest BCUT2D eigenvalue weighted by atomic mass is 32.2. The van der Waals surface area contributed by atoms with Gasteiger partial charge in [-0.2, -0.15) is 0 Å². The number of thioether (sulfide) groups is 1. The number of hydrogen-bond donors (Lipinski definition) is 2. The van der Waals surface area contributed by atoms with E-state index in [9.17, 15) is 14.3 Å². The Labute approximate surface area is 213 Å². The van der Waals surface area contributed by atoms with Gasteiger partial charge in [-0.3, -0.25) is 4.79 Å². The second-order valence-electron chi connectivity index (χ2n) is 9.75. The summed E-state index contributed by atoms with van der Waals surface area (Å²) < 4.78 is 14.7. The highest BCUT2D eigenvalue weighted by Crippen LogP contribution is 2.46. The van der Waals surface area contributed by atoms with Gasteiger partial charge in [0.05, 0.1) is 12.2 Å². The number of carbonyl (C=O) groups excluding carboxylic acids is 1. The van der Waals surface area contributed by atoms with Gasteiger partial charge in [0.15, 0.2) is 11.0 Å². The Morgan fingerprint density at radius 1 is 1.14 bits per heavy atom. The lowest BCUT2D eigenvalue weighted by Gasteiger charge is -2.35. The van der Waals surface area contributed by atoms with E-state index >= 15 is 0 Å². The standard InChI is InChI=1S/C27H28FN5O2S/c1-17-21(28)22(26(2,3)35)30-24(29-17)33-14-20-15-36-25(31-23(34)18-10-6-4-7-11-18)32-27(20,16-33)19-12-8-5-9-13-19/h4-13,20,35H,14-16H2,1-3H3,(H,31,32,34)/t20-,27?/m0/s1. The topological polar surface area (TPSA) is 90.7 Å². The van der Waals surface area contributed by atoms with Gasteiger partial charge in [0.2, 0.25) is 5.95 Å². The Bertz CT molecular complexity index is 1310. The molecule has 1 amide bonds. The van der Waals surface area contributed by atoms with E-state index in [0.29, 0.717) is 29.8 Å². The molecule has 0 aliphatic carbocycles. The van der Waals surface area contributed by atoms with E-state index in [1.54, 1.807) is 19.1 Å². The predicted molar refractivity (Wildman–Crippen MR) is 140 cm³/mol. The van der Waals surface area contributed by atoms with Crippen molar-refractivity contribution in [1.82, 2.24) is 15.3 Å². The molecule has 3 heterocycles. The van der Waals surface area contributed by atoms with Gasteiger partial charge in [-0.1, -0.05) is 60.3 Å². The molecule has 1 saturated heterocycles.